The van der Waals surface area contributed by atoms with E-state index in [0.717, 1.165) is 50.8 Å². The van der Waals surface area contributed by atoms with Crippen LogP contribution in [0.5, 0.6) is 0 Å². The van der Waals surface area contributed by atoms with Crippen molar-refractivity contribution >= 4 is 29.9 Å². The van der Waals surface area contributed by atoms with Gasteiger partial charge in [-0.05, 0) is 18.9 Å². The Bertz CT molecular complexity index is 462. The van der Waals surface area contributed by atoms with Crippen LogP contribution in [0.2, 0.25) is 0 Å². The van der Waals surface area contributed by atoms with E-state index in [1.54, 1.807) is 6.20 Å². The van der Waals surface area contributed by atoms with E-state index in [1.165, 1.54) is 0 Å². The van der Waals surface area contributed by atoms with Crippen molar-refractivity contribution in [1.82, 2.24) is 20.4 Å². The average Bonchev–Trinajstić information content (AvgIpc) is 3.22. The molecular formula is C14H24IN5O2. The van der Waals surface area contributed by atoms with Crippen molar-refractivity contribution in [2.75, 3.05) is 33.4 Å². The molecular weight excluding hydrogens is 397 g/mol. The number of aliphatic imine (C=N–C) groups is 1. The molecule has 0 saturated carbocycles. The summed E-state index contributed by atoms with van der Waals surface area (Å²) in [7, 11) is 1.81. The first-order valence-corrected chi connectivity index (χ1v) is 7.54. The summed E-state index contributed by atoms with van der Waals surface area (Å²) in [6.07, 6.45) is 4.36. The van der Waals surface area contributed by atoms with Gasteiger partial charge in [-0.3, -0.25) is 10.1 Å². The molecule has 3 heterocycles. The van der Waals surface area contributed by atoms with Crippen LogP contribution in [-0.4, -0.2) is 66.6 Å². The molecule has 0 aromatic carbocycles. The summed E-state index contributed by atoms with van der Waals surface area (Å²) in [6.45, 7) is 3.94. The molecule has 0 spiro atoms. The lowest BCUT2D eigenvalue weighted by Crippen LogP contribution is -2.53. The van der Waals surface area contributed by atoms with Gasteiger partial charge in [-0.2, -0.15) is 5.10 Å². The molecule has 22 heavy (non-hydrogen) atoms. The van der Waals surface area contributed by atoms with E-state index < -0.39 is 0 Å². The molecule has 0 bridgehead atoms. The molecule has 0 amide bonds. The standard InChI is InChI=1S/C14H23N5O2.HI/c1-15-14(16-9-11-4-5-17-18-11)19-6-8-21-13(10-19)12-3-2-7-20-12;/h4-5,12-13H,2-3,6-10H2,1H3,(H,15,16)(H,17,18);1H. The second kappa shape index (κ2) is 8.68. The minimum absolute atomic E-state index is 0. The van der Waals surface area contributed by atoms with Crippen LogP contribution in [0.1, 0.15) is 18.5 Å². The molecule has 2 aliphatic rings. The van der Waals surface area contributed by atoms with Gasteiger partial charge in [-0.15, -0.1) is 24.0 Å². The molecule has 1 aromatic heterocycles. The van der Waals surface area contributed by atoms with Crippen LogP contribution in [-0.2, 0) is 16.0 Å². The predicted octanol–water partition coefficient (Wildman–Crippen LogP) is 0.983. The number of nitrogens with one attached hydrogen (secondary N) is 2. The van der Waals surface area contributed by atoms with E-state index in [-0.39, 0.29) is 36.2 Å². The van der Waals surface area contributed by atoms with E-state index in [9.17, 15) is 0 Å². The fraction of sp³-hybridized carbons (Fsp3) is 0.714. The minimum atomic E-state index is 0. The highest BCUT2D eigenvalue weighted by Gasteiger charge is 2.32. The number of morpholine rings is 1. The van der Waals surface area contributed by atoms with Gasteiger partial charge in [0.1, 0.15) is 6.10 Å². The fourth-order valence-electron chi connectivity index (χ4n) is 2.88. The van der Waals surface area contributed by atoms with Crippen molar-refractivity contribution in [2.24, 2.45) is 4.99 Å². The topological polar surface area (TPSA) is 74.8 Å². The lowest BCUT2D eigenvalue weighted by molar-refractivity contribution is -0.0817. The van der Waals surface area contributed by atoms with Crippen molar-refractivity contribution in [2.45, 2.75) is 31.6 Å². The Balaban J connectivity index is 0.00000176. The molecule has 1 aromatic rings. The third kappa shape index (κ3) is 4.32. The monoisotopic (exact) mass is 421 g/mol. The quantitative estimate of drug-likeness (QED) is 0.433. The number of H-pyrrole nitrogens is 1. The first kappa shape index (κ1) is 17.5. The molecule has 2 atom stereocenters. The van der Waals surface area contributed by atoms with Gasteiger partial charge in [0.05, 0.1) is 24.9 Å². The van der Waals surface area contributed by atoms with Crippen LogP contribution in [0.15, 0.2) is 17.3 Å². The number of rotatable bonds is 3. The Labute approximate surface area is 147 Å². The minimum Gasteiger partial charge on any atom is -0.375 e. The lowest BCUT2D eigenvalue weighted by atomic mass is 10.1. The van der Waals surface area contributed by atoms with Crippen molar-refractivity contribution in [3.63, 3.8) is 0 Å². The Morgan fingerprint density at radius 3 is 3.00 bits per heavy atom. The lowest BCUT2D eigenvalue weighted by Gasteiger charge is -2.37. The van der Waals surface area contributed by atoms with E-state index in [0.29, 0.717) is 6.54 Å². The number of guanidine groups is 1. The second-order valence-corrected chi connectivity index (χ2v) is 5.39. The molecule has 2 fully saturated rings. The summed E-state index contributed by atoms with van der Waals surface area (Å²) in [5.41, 5.74) is 1.04. The summed E-state index contributed by atoms with van der Waals surface area (Å²) in [5.74, 6) is 0.899. The fourth-order valence-corrected chi connectivity index (χ4v) is 2.88. The Hall–Kier alpha value is -0.870. The number of hydrogen-bond donors (Lipinski definition) is 2. The molecule has 2 N–H and O–H groups in total. The van der Waals surface area contributed by atoms with Gasteiger partial charge in [-0.1, -0.05) is 0 Å². The van der Waals surface area contributed by atoms with Gasteiger partial charge in [0.2, 0.25) is 0 Å². The molecule has 3 rings (SSSR count). The molecule has 7 nitrogen and oxygen atoms in total. The zero-order valence-electron chi connectivity index (χ0n) is 12.8. The van der Waals surface area contributed by atoms with Crippen LogP contribution in [0.3, 0.4) is 0 Å². The first-order chi connectivity index (χ1) is 10.4. The van der Waals surface area contributed by atoms with E-state index in [2.05, 4.69) is 25.4 Å². The predicted molar refractivity (Wildman–Crippen MR) is 94.5 cm³/mol. The zero-order chi connectivity index (χ0) is 14.5. The van der Waals surface area contributed by atoms with Crippen molar-refractivity contribution in [1.29, 1.82) is 0 Å². The maximum absolute atomic E-state index is 5.87. The number of ether oxygens (including phenoxy) is 2. The molecule has 2 unspecified atom stereocenters. The van der Waals surface area contributed by atoms with Crippen LogP contribution >= 0.6 is 24.0 Å². The van der Waals surface area contributed by atoms with Crippen LogP contribution in [0.4, 0.5) is 0 Å². The number of aromatic nitrogens is 2. The molecule has 2 aliphatic heterocycles. The van der Waals surface area contributed by atoms with Crippen molar-refractivity contribution in [3.05, 3.63) is 18.0 Å². The Kier molecular flexibility index (Phi) is 6.90. The van der Waals surface area contributed by atoms with Crippen molar-refractivity contribution < 1.29 is 9.47 Å². The SMILES string of the molecule is CN=C(NCc1ccn[nH]1)N1CCOC(C2CCCO2)C1.I. The Morgan fingerprint density at radius 1 is 1.45 bits per heavy atom. The molecule has 2 saturated heterocycles. The van der Waals surface area contributed by atoms with E-state index in [1.807, 2.05) is 13.1 Å². The number of hydrogen-bond acceptors (Lipinski definition) is 4. The number of halogens is 1. The van der Waals surface area contributed by atoms with Crippen LogP contribution in [0, 0.1) is 0 Å². The highest BCUT2D eigenvalue weighted by Crippen LogP contribution is 2.21. The van der Waals surface area contributed by atoms with Crippen LogP contribution in [0.25, 0.3) is 0 Å². The van der Waals surface area contributed by atoms with Crippen molar-refractivity contribution in [3.8, 4) is 0 Å². The van der Waals surface area contributed by atoms with Gasteiger partial charge in [0.25, 0.3) is 0 Å². The summed E-state index contributed by atoms with van der Waals surface area (Å²) in [4.78, 5) is 6.62. The molecule has 124 valence electrons. The Morgan fingerprint density at radius 2 is 2.32 bits per heavy atom. The number of nitrogens with zero attached hydrogens (tertiary/aromatic N) is 3. The maximum Gasteiger partial charge on any atom is 0.194 e. The third-order valence-electron chi connectivity index (χ3n) is 3.98. The average molecular weight is 421 g/mol. The van der Waals surface area contributed by atoms with Gasteiger partial charge >= 0.3 is 0 Å². The molecule has 0 aliphatic carbocycles. The summed E-state index contributed by atoms with van der Waals surface area (Å²) < 4.78 is 11.6. The summed E-state index contributed by atoms with van der Waals surface area (Å²) >= 11 is 0. The highest BCUT2D eigenvalue weighted by atomic mass is 127. The van der Waals surface area contributed by atoms with Gasteiger partial charge in [0.15, 0.2) is 5.96 Å². The van der Waals surface area contributed by atoms with E-state index in [4.69, 9.17) is 9.47 Å². The van der Waals surface area contributed by atoms with Gasteiger partial charge in [0, 0.05) is 32.9 Å². The van der Waals surface area contributed by atoms with Gasteiger partial charge < -0.3 is 19.7 Å². The number of aromatic amines is 1. The molecule has 0 radical (unpaired) electrons. The smallest absolute Gasteiger partial charge is 0.194 e. The normalized spacial score (nSPS) is 25.9. The molecule has 8 heteroatoms. The summed E-state index contributed by atoms with van der Waals surface area (Å²) in [5, 5.41) is 10.3. The maximum atomic E-state index is 5.87. The second-order valence-electron chi connectivity index (χ2n) is 5.39. The van der Waals surface area contributed by atoms with Crippen LogP contribution < -0.4 is 5.32 Å². The highest BCUT2D eigenvalue weighted by molar-refractivity contribution is 14.0. The van der Waals surface area contributed by atoms with E-state index >= 15 is 0 Å². The van der Waals surface area contributed by atoms with Gasteiger partial charge in [-0.25, -0.2) is 0 Å². The zero-order valence-corrected chi connectivity index (χ0v) is 15.2. The third-order valence-corrected chi connectivity index (χ3v) is 3.98. The largest absolute Gasteiger partial charge is 0.375 e. The summed E-state index contributed by atoms with van der Waals surface area (Å²) in [6, 6.07) is 1.95. The first-order valence-electron chi connectivity index (χ1n) is 7.54.